The Morgan fingerprint density at radius 3 is 2.44 bits per heavy atom. The summed E-state index contributed by atoms with van der Waals surface area (Å²) in [5.74, 6) is -1.55. The van der Waals surface area contributed by atoms with Gasteiger partial charge in [0.05, 0.1) is 4.92 Å². The Labute approximate surface area is 148 Å². The van der Waals surface area contributed by atoms with Gasteiger partial charge in [-0.15, -0.1) is 0 Å². The molecule has 0 aromatic heterocycles. The minimum Gasteiger partial charge on any atom is -0.449 e. The van der Waals surface area contributed by atoms with Gasteiger partial charge < -0.3 is 10.1 Å². The summed E-state index contributed by atoms with van der Waals surface area (Å²) >= 11 is 5.78. The summed E-state index contributed by atoms with van der Waals surface area (Å²) in [6.45, 7) is 3.28. The van der Waals surface area contributed by atoms with Crippen LogP contribution < -0.4 is 5.32 Å². The molecule has 2 rings (SSSR count). The number of aryl methyl sites for hydroxylation is 1. The van der Waals surface area contributed by atoms with Crippen LogP contribution in [0.5, 0.6) is 0 Å². The molecule has 1 amide bonds. The molecule has 1 N–H and O–H groups in total. The van der Waals surface area contributed by atoms with Gasteiger partial charge in [0.15, 0.2) is 6.10 Å². The smallest absolute Gasteiger partial charge is 0.345 e. The Balaban J connectivity index is 2.09. The van der Waals surface area contributed by atoms with Gasteiger partial charge in [0.2, 0.25) is 0 Å². The third kappa shape index (κ3) is 4.77. The number of amides is 1. The van der Waals surface area contributed by atoms with Crippen molar-refractivity contribution in [1.82, 2.24) is 0 Å². The average Bonchev–Trinajstić information content (AvgIpc) is 2.56. The van der Waals surface area contributed by atoms with Crippen LogP contribution in [0.15, 0.2) is 42.5 Å². The van der Waals surface area contributed by atoms with E-state index in [1.165, 1.54) is 13.0 Å². The summed E-state index contributed by atoms with van der Waals surface area (Å²) in [5, 5.41) is 13.7. The quantitative estimate of drug-likeness (QED) is 0.496. The maximum absolute atomic E-state index is 12.2. The largest absolute Gasteiger partial charge is 0.449 e. The van der Waals surface area contributed by atoms with Crippen molar-refractivity contribution in [3.05, 3.63) is 68.7 Å². The summed E-state index contributed by atoms with van der Waals surface area (Å²) in [6.07, 6.45) is -1.15. The molecule has 0 heterocycles. The molecule has 0 saturated heterocycles. The van der Waals surface area contributed by atoms with Crippen molar-refractivity contribution < 1.29 is 19.2 Å². The molecule has 0 aliphatic rings. The van der Waals surface area contributed by atoms with Crippen molar-refractivity contribution in [2.75, 3.05) is 5.32 Å². The zero-order chi connectivity index (χ0) is 18.6. The first kappa shape index (κ1) is 18.4. The van der Waals surface area contributed by atoms with E-state index in [-0.39, 0.29) is 10.6 Å². The van der Waals surface area contributed by atoms with Crippen molar-refractivity contribution in [1.29, 1.82) is 0 Å². The number of hydrogen-bond acceptors (Lipinski definition) is 5. The second kappa shape index (κ2) is 7.76. The lowest BCUT2D eigenvalue weighted by Gasteiger charge is -2.14. The zero-order valence-corrected chi connectivity index (χ0v) is 14.2. The summed E-state index contributed by atoms with van der Waals surface area (Å²) in [5.41, 5.74) is 0.825. The molecule has 0 spiro atoms. The van der Waals surface area contributed by atoms with Gasteiger partial charge in [-0.1, -0.05) is 29.3 Å². The Kier molecular flexibility index (Phi) is 5.71. The van der Waals surface area contributed by atoms with Crippen LogP contribution in [0, 0.1) is 17.0 Å². The first-order chi connectivity index (χ1) is 11.8. The SMILES string of the molecule is Cc1ccc(NC(=O)[C@@H](C)OC(=O)c2cc(Cl)ccc2[N+](=O)[O-])cc1. The van der Waals surface area contributed by atoms with E-state index >= 15 is 0 Å². The van der Waals surface area contributed by atoms with Crippen molar-refractivity contribution in [3.63, 3.8) is 0 Å². The molecule has 0 aliphatic carbocycles. The number of nitrogens with one attached hydrogen (secondary N) is 1. The van der Waals surface area contributed by atoms with E-state index in [9.17, 15) is 19.7 Å². The van der Waals surface area contributed by atoms with Crippen LogP contribution in [0.4, 0.5) is 11.4 Å². The number of nitrogens with zero attached hydrogens (tertiary/aromatic N) is 1. The lowest BCUT2D eigenvalue weighted by molar-refractivity contribution is -0.385. The maximum atomic E-state index is 12.2. The first-order valence-electron chi connectivity index (χ1n) is 7.30. The Bertz CT molecular complexity index is 820. The molecule has 130 valence electrons. The molecule has 0 bridgehead atoms. The second-order valence-corrected chi connectivity index (χ2v) is 5.76. The number of anilines is 1. The van der Waals surface area contributed by atoms with Crippen molar-refractivity contribution >= 4 is 34.9 Å². The second-order valence-electron chi connectivity index (χ2n) is 5.32. The van der Waals surface area contributed by atoms with Gasteiger partial charge in [-0.05, 0) is 38.1 Å². The Morgan fingerprint density at radius 1 is 1.20 bits per heavy atom. The van der Waals surface area contributed by atoms with E-state index in [0.717, 1.165) is 17.7 Å². The van der Waals surface area contributed by atoms with E-state index in [1.54, 1.807) is 12.1 Å². The Hall–Kier alpha value is -2.93. The number of carbonyl (C=O) groups excluding carboxylic acids is 2. The average molecular weight is 363 g/mol. The highest BCUT2D eigenvalue weighted by Gasteiger charge is 2.25. The van der Waals surface area contributed by atoms with Crippen LogP contribution in [0.2, 0.25) is 5.02 Å². The molecule has 25 heavy (non-hydrogen) atoms. The van der Waals surface area contributed by atoms with Crippen LogP contribution in [0.1, 0.15) is 22.8 Å². The normalized spacial score (nSPS) is 11.5. The minimum atomic E-state index is -1.15. The van der Waals surface area contributed by atoms with E-state index in [1.807, 2.05) is 19.1 Å². The lowest BCUT2D eigenvalue weighted by Crippen LogP contribution is -2.30. The van der Waals surface area contributed by atoms with Crippen molar-refractivity contribution in [3.8, 4) is 0 Å². The molecule has 0 saturated carbocycles. The van der Waals surface area contributed by atoms with Crippen molar-refractivity contribution in [2.24, 2.45) is 0 Å². The Morgan fingerprint density at radius 2 is 1.84 bits per heavy atom. The predicted molar refractivity (Wildman–Crippen MR) is 92.8 cm³/mol. The van der Waals surface area contributed by atoms with Crippen LogP contribution in [-0.4, -0.2) is 22.9 Å². The first-order valence-corrected chi connectivity index (χ1v) is 7.68. The van der Waals surface area contributed by atoms with Crippen LogP contribution >= 0.6 is 11.6 Å². The third-order valence-corrected chi connectivity index (χ3v) is 3.58. The molecule has 0 unspecified atom stereocenters. The highest BCUT2D eigenvalue weighted by atomic mass is 35.5. The molecule has 0 fully saturated rings. The number of rotatable bonds is 5. The molecule has 0 radical (unpaired) electrons. The van der Waals surface area contributed by atoms with Gasteiger partial charge in [0.25, 0.3) is 11.6 Å². The van der Waals surface area contributed by atoms with Gasteiger partial charge in [-0.25, -0.2) is 4.79 Å². The van der Waals surface area contributed by atoms with E-state index in [4.69, 9.17) is 16.3 Å². The highest BCUT2D eigenvalue weighted by Crippen LogP contribution is 2.24. The fourth-order valence-corrected chi connectivity index (χ4v) is 2.16. The number of carbonyl (C=O) groups is 2. The molecule has 8 heteroatoms. The molecule has 0 aliphatic heterocycles. The number of nitro benzene ring substituents is 1. The van der Waals surface area contributed by atoms with Gasteiger partial charge >= 0.3 is 5.97 Å². The fourth-order valence-electron chi connectivity index (χ4n) is 1.99. The van der Waals surface area contributed by atoms with Gasteiger partial charge in [-0.2, -0.15) is 0 Å². The van der Waals surface area contributed by atoms with Crippen LogP contribution in [0.3, 0.4) is 0 Å². The van der Waals surface area contributed by atoms with Crippen LogP contribution in [-0.2, 0) is 9.53 Å². The highest BCUT2D eigenvalue weighted by molar-refractivity contribution is 6.31. The summed E-state index contributed by atoms with van der Waals surface area (Å²) < 4.78 is 5.03. The van der Waals surface area contributed by atoms with E-state index in [2.05, 4.69) is 5.32 Å². The number of nitro groups is 1. The maximum Gasteiger partial charge on any atom is 0.345 e. The molecular formula is C17H15ClN2O5. The van der Waals surface area contributed by atoms with E-state index in [0.29, 0.717) is 5.69 Å². The number of hydrogen-bond donors (Lipinski definition) is 1. The van der Waals surface area contributed by atoms with Crippen molar-refractivity contribution in [2.45, 2.75) is 20.0 Å². The lowest BCUT2D eigenvalue weighted by atomic mass is 10.2. The molecule has 2 aromatic rings. The zero-order valence-electron chi connectivity index (χ0n) is 13.5. The topological polar surface area (TPSA) is 98.5 Å². The predicted octanol–water partition coefficient (Wildman–Crippen LogP) is 3.74. The summed E-state index contributed by atoms with van der Waals surface area (Å²) in [7, 11) is 0. The molecular weight excluding hydrogens is 348 g/mol. The standard InChI is InChI=1S/C17H15ClN2O5/c1-10-3-6-13(7-4-10)19-16(21)11(2)25-17(22)14-9-12(18)5-8-15(14)20(23)24/h3-9,11H,1-2H3,(H,19,21)/t11-/m1/s1. The fraction of sp³-hybridized carbons (Fsp3) is 0.176. The number of benzene rings is 2. The minimum absolute atomic E-state index is 0.148. The third-order valence-electron chi connectivity index (χ3n) is 3.35. The van der Waals surface area contributed by atoms with E-state index < -0.39 is 28.6 Å². The molecule has 1 atom stereocenters. The molecule has 7 nitrogen and oxygen atoms in total. The van der Waals surface area contributed by atoms with Gasteiger partial charge in [0, 0.05) is 16.8 Å². The number of ether oxygens (including phenoxy) is 1. The summed E-state index contributed by atoms with van der Waals surface area (Å²) in [4.78, 5) is 34.6. The number of halogens is 1. The summed E-state index contributed by atoms with van der Waals surface area (Å²) in [6, 6.07) is 10.6. The molecule has 2 aromatic carbocycles. The van der Waals surface area contributed by atoms with Gasteiger partial charge in [0.1, 0.15) is 5.56 Å². The monoisotopic (exact) mass is 362 g/mol. The van der Waals surface area contributed by atoms with Crippen LogP contribution in [0.25, 0.3) is 0 Å². The number of esters is 1. The van der Waals surface area contributed by atoms with Gasteiger partial charge in [-0.3, -0.25) is 14.9 Å².